The lowest BCUT2D eigenvalue weighted by Crippen LogP contribution is -2.10. The minimum absolute atomic E-state index is 0.104. The summed E-state index contributed by atoms with van der Waals surface area (Å²) in [5.74, 6) is -0.165. The Morgan fingerprint density at radius 1 is 1.11 bits per heavy atom. The molecule has 3 rings (SSSR count). The maximum Gasteiger partial charge on any atom is 0.295 e. The first-order valence-electron chi connectivity index (χ1n) is 8.07. The van der Waals surface area contributed by atoms with Gasteiger partial charge in [-0.25, -0.2) is 9.37 Å². The third-order valence-electron chi connectivity index (χ3n) is 3.61. The van der Waals surface area contributed by atoms with Gasteiger partial charge in [0.15, 0.2) is 0 Å². The molecule has 0 aliphatic heterocycles. The van der Waals surface area contributed by atoms with E-state index in [0.29, 0.717) is 11.5 Å². The predicted molar refractivity (Wildman–Crippen MR) is 99.4 cm³/mol. The summed E-state index contributed by atoms with van der Waals surface area (Å²) in [7, 11) is 0. The molecule has 0 aliphatic rings. The molecule has 0 saturated heterocycles. The maximum atomic E-state index is 13.3. The second-order valence-electron chi connectivity index (χ2n) is 5.52. The number of aromatic nitrogens is 2. The van der Waals surface area contributed by atoms with Crippen molar-refractivity contribution in [3.63, 3.8) is 0 Å². The Morgan fingerprint density at radius 2 is 1.89 bits per heavy atom. The van der Waals surface area contributed by atoms with Gasteiger partial charge in [-0.05, 0) is 12.1 Å². The highest BCUT2D eigenvalue weighted by Crippen LogP contribution is 2.29. The molecule has 2 aromatic carbocycles. The molecule has 0 atom stereocenters. The van der Waals surface area contributed by atoms with Crippen molar-refractivity contribution in [2.75, 3.05) is 23.8 Å². The Bertz CT molecular complexity index is 953. The van der Waals surface area contributed by atoms with E-state index in [0.717, 1.165) is 17.7 Å². The Hall–Kier alpha value is -3.59. The summed E-state index contributed by atoms with van der Waals surface area (Å²) in [4.78, 5) is 19.2. The van der Waals surface area contributed by atoms with Gasteiger partial charge in [0.25, 0.3) is 5.69 Å². The summed E-state index contributed by atoms with van der Waals surface area (Å²) >= 11 is 0. The van der Waals surface area contributed by atoms with Gasteiger partial charge in [0.2, 0.25) is 5.95 Å². The van der Waals surface area contributed by atoms with E-state index < -0.39 is 16.4 Å². The number of benzene rings is 2. The Labute approximate surface area is 153 Å². The molecule has 1 aromatic heterocycles. The van der Waals surface area contributed by atoms with Crippen molar-refractivity contribution < 1.29 is 14.4 Å². The molecular weight excluding hydrogens is 353 g/mol. The van der Waals surface area contributed by atoms with Crippen molar-refractivity contribution in [2.45, 2.75) is 0 Å². The van der Waals surface area contributed by atoms with E-state index in [1.165, 1.54) is 6.07 Å². The monoisotopic (exact) mass is 369 g/mol. The molecule has 27 heavy (non-hydrogen) atoms. The lowest BCUT2D eigenvalue weighted by atomic mass is 10.1. The van der Waals surface area contributed by atoms with Crippen molar-refractivity contribution in [3.05, 3.63) is 70.5 Å². The average molecular weight is 369 g/mol. The molecule has 0 unspecified atom stereocenters. The molecular formula is C18H16FN5O3. The first-order chi connectivity index (χ1) is 13.1. The quantitative estimate of drug-likeness (QED) is 0.432. The summed E-state index contributed by atoms with van der Waals surface area (Å²) in [5, 5.41) is 25.9. The summed E-state index contributed by atoms with van der Waals surface area (Å²) in [6, 6.07) is 14.2. The normalized spacial score (nSPS) is 10.4. The first-order valence-corrected chi connectivity index (χ1v) is 8.07. The molecule has 3 N–H and O–H groups in total. The van der Waals surface area contributed by atoms with Gasteiger partial charge in [0.1, 0.15) is 17.3 Å². The highest BCUT2D eigenvalue weighted by molar-refractivity contribution is 5.71. The summed E-state index contributed by atoms with van der Waals surface area (Å²) in [6.07, 6.45) is 0. The van der Waals surface area contributed by atoms with Crippen LogP contribution in [0.1, 0.15) is 0 Å². The van der Waals surface area contributed by atoms with E-state index in [1.807, 2.05) is 30.3 Å². The molecule has 0 spiro atoms. The second kappa shape index (κ2) is 8.19. The zero-order valence-corrected chi connectivity index (χ0v) is 14.1. The van der Waals surface area contributed by atoms with Crippen LogP contribution < -0.4 is 10.6 Å². The lowest BCUT2D eigenvalue weighted by molar-refractivity contribution is -0.384. The molecule has 0 fully saturated rings. The zero-order valence-electron chi connectivity index (χ0n) is 14.1. The van der Waals surface area contributed by atoms with Crippen LogP contribution in [0, 0.1) is 15.9 Å². The SMILES string of the molecule is O=[N+]([O-])c1cc(F)ccc1Nc1cc(-c2ccccc2)nc(NCCO)n1. The van der Waals surface area contributed by atoms with Gasteiger partial charge >= 0.3 is 0 Å². The third-order valence-corrected chi connectivity index (χ3v) is 3.61. The van der Waals surface area contributed by atoms with E-state index in [2.05, 4.69) is 20.6 Å². The topological polar surface area (TPSA) is 113 Å². The fourth-order valence-corrected chi connectivity index (χ4v) is 2.41. The number of nitrogens with zero attached hydrogens (tertiary/aromatic N) is 3. The van der Waals surface area contributed by atoms with E-state index in [-0.39, 0.29) is 24.8 Å². The Morgan fingerprint density at radius 3 is 2.59 bits per heavy atom. The Kier molecular flexibility index (Phi) is 5.53. The van der Waals surface area contributed by atoms with Crippen LogP contribution in [0.3, 0.4) is 0 Å². The van der Waals surface area contributed by atoms with Crippen LogP contribution in [0.15, 0.2) is 54.6 Å². The molecule has 0 radical (unpaired) electrons. The van der Waals surface area contributed by atoms with E-state index in [1.54, 1.807) is 6.07 Å². The van der Waals surface area contributed by atoms with Gasteiger partial charge in [0, 0.05) is 18.2 Å². The minimum Gasteiger partial charge on any atom is -0.395 e. The van der Waals surface area contributed by atoms with Crippen molar-refractivity contribution in [3.8, 4) is 11.3 Å². The van der Waals surface area contributed by atoms with Gasteiger partial charge in [-0.15, -0.1) is 0 Å². The van der Waals surface area contributed by atoms with Gasteiger partial charge in [0.05, 0.1) is 23.3 Å². The van der Waals surface area contributed by atoms with E-state index in [9.17, 15) is 14.5 Å². The van der Waals surface area contributed by atoms with Crippen molar-refractivity contribution >= 4 is 23.1 Å². The van der Waals surface area contributed by atoms with Crippen LogP contribution in [-0.4, -0.2) is 33.1 Å². The number of hydrogen-bond donors (Lipinski definition) is 3. The number of aliphatic hydroxyl groups is 1. The van der Waals surface area contributed by atoms with Crippen LogP contribution in [0.2, 0.25) is 0 Å². The van der Waals surface area contributed by atoms with Gasteiger partial charge in [-0.2, -0.15) is 4.98 Å². The fraction of sp³-hybridized carbons (Fsp3) is 0.111. The summed E-state index contributed by atoms with van der Waals surface area (Å²) in [6.45, 7) is 0.138. The van der Waals surface area contributed by atoms with Crippen LogP contribution in [0.5, 0.6) is 0 Å². The van der Waals surface area contributed by atoms with Crippen molar-refractivity contribution in [2.24, 2.45) is 0 Å². The van der Waals surface area contributed by atoms with Crippen LogP contribution in [-0.2, 0) is 0 Å². The minimum atomic E-state index is -0.704. The number of anilines is 3. The van der Waals surface area contributed by atoms with Gasteiger partial charge < -0.3 is 15.7 Å². The number of rotatable bonds is 7. The lowest BCUT2D eigenvalue weighted by Gasteiger charge is -2.11. The molecule has 9 heteroatoms. The number of nitro benzene ring substituents is 1. The molecule has 0 aliphatic carbocycles. The summed E-state index contributed by atoms with van der Waals surface area (Å²) < 4.78 is 13.3. The number of halogens is 1. The van der Waals surface area contributed by atoms with E-state index in [4.69, 9.17) is 5.11 Å². The number of nitro groups is 1. The fourth-order valence-electron chi connectivity index (χ4n) is 2.41. The molecule has 3 aromatic rings. The number of aliphatic hydroxyl groups excluding tert-OH is 1. The molecule has 0 bridgehead atoms. The largest absolute Gasteiger partial charge is 0.395 e. The van der Waals surface area contributed by atoms with Gasteiger partial charge in [-0.3, -0.25) is 10.1 Å². The predicted octanol–water partition coefficient (Wildman–Crippen LogP) is 3.34. The highest BCUT2D eigenvalue weighted by atomic mass is 19.1. The Balaban J connectivity index is 2.01. The van der Waals surface area contributed by atoms with E-state index >= 15 is 0 Å². The molecule has 0 saturated carbocycles. The van der Waals surface area contributed by atoms with Gasteiger partial charge in [-0.1, -0.05) is 30.3 Å². The summed E-state index contributed by atoms with van der Waals surface area (Å²) in [5.41, 5.74) is 1.11. The van der Waals surface area contributed by atoms with Crippen LogP contribution in [0.4, 0.5) is 27.5 Å². The third kappa shape index (κ3) is 4.53. The second-order valence-corrected chi connectivity index (χ2v) is 5.52. The maximum absolute atomic E-state index is 13.3. The first kappa shape index (κ1) is 18.2. The average Bonchev–Trinajstić information content (AvgIpc) is 2.68. The van der Waals surface area contributed by atoms with Crippen LogP contribution >= 0.6 is 0 Å². The number of nitrogens with one attached hydrogen (secondary N) is 2. The van der Waals surface area contributed by atoms with Crippen LogP contribution in [0.25, 0.3) is 11.3 Å². The van der Waals surface area contributed by atoms with Crippen molar-refractivity contribution in [1.29, 1.82) is 0 Å². The molecule has 0 amide bonds. The van der Waals surface area contributed by atoms with Crippen molar-refractivity contribution in [1.82, 2.24) is 9.97 Å². The smallest absolute Gasteiger partial charge is 0.295 e. The number of hydrogen-bond acceptors (Lipinski definition) is 7. The highest BCUT2D eigenvalue weighted by Gasteiger charge is 2.16. The zero-order chi connectivity index (χ0) is 19.2. The molecule has 1 heterocycles. The molecule has 138 valence electrons. The molecule has 8 nitrogen and oxygen atoms in total. The standard InChI is InChI=1S/C18H16FN5O3/c19-13-6-7-14(16(10-13)24(26)27)21-17-11-15(12-4-2-1-3-5-12)22-18(23-17)20-8-9-25/h1-7,10-11,25H,8-9H2,(H2,20,21,22,23).